The molecule has 0 atom stereocenters. The first kappa shape index (κ1) is 18.6. The van der Waals surface area contributed by atoms with Crippen molar-refractivity contribution in [2.45, 2.75) is 6.54 Å². The van der Waals surface area contributed by atoms with E-state index in [1.807, 2.05) is 47.8 Å². The Labute approximate surface area is 167 Å². The van der Waals surface area contributed by atoms with Crippen molar-refractivity contribution < 1.29 is 14.3 Å². The van der Waals surface area contributed by atoms with Gasteiger partial charge in [0.25, 0.3) is 5.91 Å². The molecule has 144 valence electrons. The number of para-hydroxylation sites is 2. The van der Waals surface area contributed by atoms with Crippen molar-refractivity contribution in [2.24, 2.45) is 0 Å². The first-order chi connectivity index (χ1) is 13.8. The number of hydrogen-bond acceptors (Lipinski definition) is 6. The quantitative estimate of drug-likeness (QED) is 0.683. The lowest BCUT2D eigenvalue weighted by Crippen LogP contribution is -2.35. The summed E-state index contributed by atoms with van der Waals surface area (Å²) in [7, 11) is 0. The molecule has 1 aliphatic heterocycles. The van der Waals surface area contributed by atoms with Gasteiger partial charge in [-0.3, -0.25) is 15.0 Å². The highest BCUT2D eigenvalue weighted by Gasteiger charge is 2.16. The van der Waals surface area contributed by atoms with Gasteiger partial charge in [-0.15, -0.1) is 11.3 Å². The van der Waals surface area contributed by atoms with Gasteiger partial charge in [-0.25, -0.2) is 4.98 Å². The number of carbonyl (C=O) groups excluding carboxylic acids is 1. The number of ether oxygens (including phenoxy) is 2. The minimum atomic E-state index is -0.237. The normalized spacial score (nSPS) is 14.6. The summed E-state index contributed by atoms with van der Waals surface area (Å²) in [5, 5.41) is 5.46. The number of nitrogens with zero attached hydrogens (tertiary/aromatic N) is 2. The summed E-state index contributed by atoms with van der Waals surface area (Å²) in [6, 6.07) is 16.6. The number of anilines is 1. The van der Waals surface area contributed by atoms with Crippen molar-refractivity contribution in [3.63, 3.8) is 0 Å². The molecule has 2 heterocycles. The van der Waals surface area contributed by atoms with Gasteiger partial charge in [0.1, 0.15) is 11.5 Å². The number of morpholine rings is 1. The predicted molar refractivity (Wildman–Crippen MR) is 109 cm³/mol. The second-order valence-corrected chi connectivity index (χ2v) is 7.26. The van der Waals surface area contributed by atoms with Crippen LogP contribution in [0.5, 0.6) is 11.5 Å². The van der Waals surface area contributed by atoms with Crippen LogP contribution in [0.15, 0.2) is 60.0 Å². The zero-order valence-corrected chi connectivity index (χ0v) is 16.2. The molecule has 0 saturated carbocycles. The van der Waals surface area contributed by atoms with Crippen LogP contribution in [-0.4, -0.2) is 42.1 Å². The third-order valence-electron chi connectivity index (χ3n) is 4.36. The zero-order chi connectivity index (χ0) is 19.2. The Morgan fingerprint density at radius 2 is 1.86 bits per heavy atom. The molecule has 0 spiro atoms. The fourth-order valence-corrected chi connectivity index (χ4v) is 3.65. The average Bonchev–Trinajstić information content (AvgIpc) is 3.16. The minimum Gasteiger partial charge on any atom is -0.457 e. The van der Waals surface area contributed by atoms with E-state index in [9.17, 15) is 4.79 Å². The van der Waals surface area contributed by atoms with Crippen LogP contribution in [0.2, 0.25) is 0 Å². The van der Waals surface area contributed by atoms with Crippen LogP contribution < -0.4 is 10.1 Å². The van der Waals surface area contributed by atoms with E-state index >= 15 is 0 Å². The van der Waals surface area contributed by atoms with E-state index in [4.69, 9.17) is 9.47 Å². The van der Waals surface area contributed by atoms with Crippen molar-refractivity contribution in [1.29, 1.82) is 0 Å². The number of benzene rings is 2. The van der Waals surface area contributed by atoms with E-state index in [2.05, 4.69) is 15.2 Å². The number of nitrogens with one attached hydrogen (secondary N) is 1. The fourth-order valence-electron chi connectivity index (χ4n) is 2.95. The van der Waals surface area contributed by atoms with Gasteiger partial charge in [0.15, 0.2) is 5.13 Å². The number of hydrogen-bond donors (Lipinski definition) is 1. The van der Waals surface area contributed by atoms with E-state index in [1.165, 1.54) is 11.3 Å². The third-order valence-corrected chi connectivity index (χ3v) is 5.17. The molecule has 28 heavy (non-hydrogen) atoms. The van der Waals surface area contributed by atoms with Crippen LogP contribution in [0.1, 0.15) is 16.1 Å². The van der Waals surface area contributed by atoms with Crippen molar-refractivity contribution in [3.8, 4) is 11.5 Å². The van der Waals surface area contributed by atoms with Gasteiger partial charge in [0, 0.05) is 25.0 Å². The topological polar surface area (TPSA) is 63.7 Å². The Morgan fingerprint density at radius 3 is 2.68 bits per heavy atom. The van der Waals surface area contributed by atoms with E-state index in [1.54, 1.807) is 12.1 Å². The molecule has 0 bridgehead atoms. The van der Waals surface area contributed by atoms with Gasteiger partial charge >= 0.3 is 0 Å². The highest BCUT2D eigenvalue weighted by atomic mass is 32.1. The van der Waals surface area contributed by atoms with Crippen LogP contribution >= 0.6 is 11.3 Å². The smallest absolute Gasteiger partial charge is 0.261 e. The lowest BCUT2D eigenvalue weighted by Gasteiger charge is -2.25. The summed E-state index contributed by atoms with van der Waals surface area (Å²) < 4.78 is 11.2. The van der Waals surface area contributed by atoms with Gasteiger partial charge in [-0.1, -0.05) is 30.3 Å². The highest BCUT2D eigenvalue weighted by molar-refractivity contribution is 7.14. The van der Waals surface area contributed by atoms with Crippen LogP contribution in [0, 0.1) is 0 Å². The molecule has 1 amide bonds. The molecule has 4 rings (SSSR count). The maximum Gasteiger partial charge on any atom is 0.261 e. The number of amides is 1. The van der Waals surface area contributed by atoms with Gasteiger partial charge in [-0.05, 0) is 24.3 Å². The monoisotopic (exact) mass is 395 g/mol. The first-order valence-electron chi connectivity index (χ1n) is 9.16. The molecule has 6 nitrogen and oxygen atoms in total. The minimum absolute atomic E-state index is 0.237. The SMILES string of the molecule is O=C(Nc1nc(CN2CCOCC2)cs1)c1ccccc1Oc1ccccc1. The summed E-state index contributed by atoms with van der Waals surface area (Å²) in [6.07, 6.45) is 0. The number of carbonyl (C=O) groups is 1. The second kappa shape index (κ2) is 8.97. The van der Waals surface area contributed by atoms with Crippen molar-refractivity contribution >= 4 is 22.4 Å². The Balaban J connectivity index is 1.43. The van der Waals surface area contributed by atoms with Gasteiger partial charge in [0.05, 0.1) is 24.5 Å². The molecular weight excluding hydrogens is 374 g/mol. The van der Waals surface area contributed by atoms with E-state index in [-0.39, 0.29) is 5.91 Å². The van der Waals surface area contributed by atoms with E-state index in [0.29, 0.717) is 22.2 Å². The maximum atomic E-state index is 12.8. The molecule has 1 N–H and O–H groups in total. The molecule has 2 aromatic carbocycles. The molecule has 1 aromatic heterocycles. The maximum absolute atomic E-state index is 12.8. The molecule has 0 aliphatic carbocycles. The average molecular weight is 395 g/mol. The summed E-state index contributed by atoms with van der Waals surface area (Å²) >= 11 is 1.43. The molecular formula is C21H21N3O3S. The molecule has 7 heteroatoms. The number of aromatic nitrogens is 1. The number of rotatable bonds is 6. The summed E-state index contributed by atoms with van der Waals surface area (Å²) in [6.45, 7) is 4.09. The Kier molecular flexibility index (Phi) is 5.96. The largest absolute Gasteiger partial charge is 0.457 e. The fraction of sp³-hybridized carbons (Fsp3) is 0.238. The van der Waals surface area contributed by atoms with Crippen molar-refractivity contribution in [2.75, 3.05) is 31.6 Å². The first-order valence-corrected chi connectivity index (χ1v) is 10.0. The van der Waals surface area contributed by atoms with Crippen LogP contribution in [0.25, 0.3) is 0 Å². The van der Waals surface area contributed by atoms with Crippen molar-refractivity contribution in [1.82, 2.24) is 9.88 Å². The van der Waals surface area contributed by atoms with Gasteiger partial charge in [-0.2, -0.15) is 0 Å². The molecule has 0 unspecified atom stereocenters. The van der Waals surface area contributed by atoms with Crippen molar-refractivity contribution in [3.05, 3.63) is 71.2 Å². The lowest BCUT2D eigenvalue weighted by atomic mass is 10.2. The Morgan fingerprint density at radius 1 is 1.11 bits per heavy atom. The summed E-state index contributed by atoms with van der Waals surface area (Å²) in [4.78, 5) is 19.6. The number of thiazole rings is 1. The van der Waals surface area contributed by atoms with Crippen LogP contribution in [0.4, 0.5) is 5.13 Å². The molecule has 1 saturated heterocycles. The highest BCUT2D eigenvalue weighted by Crippen LogP contribution is 2.26. The second-order valence-electron chi connectivity index (χ2n) is 6.40. The zero-order valence-electron chi connectivity index (χ0n) is 15.3. The Hall–Kier alpha value is -2.74. The standard InChI is InChI=1S/C21H21N3O3S/c25-20(18-8-4-5-9-19(18)27-17-6-2-1-3-7-17)23-21-22-16(15-28-21)14-24-10-12-26-13-11-24/h1-9,15H,10-14H2,(H,22,23,25). The lowest BCUT2D eigenvalue weighted by molar-refractivity contribution is 0.0337. The molecule has 3 aromatic rings. The van der Waals surface area contributed by atoms with Gasteiger partial charge < -0.3 is 9.47 Å². The van der Waals surface area contributed by atoms with Gasteiger partial charge in [0.2, 0.25) is 0 Å². The molecule has 0 radical (unpaired) electrons. The Bertz CT molecular complexity index is 923. The molecule has 1 aliphatic rings. The third kappa shape index (κ3) is 4.75. The summed E-state index contributed by atoms with van der Waals surface area (Å²) in [5.74, 6) is 0.958. The summed E-state index contributed by atoms with van der Waals surface area (Å²) in [5.41, 5.74) is 1.42. The molecule has 1 fully saturated rings. The van der Waals surface area contributed by atoms with E-state index in [0.717, 1.165) is 38.5 Å². The van der Waals surface area contributed by atoms with Crippen LogP contribution in [0.3, 0.4) is 0 Å². The predicted octanol–water partition coefficient (Wildman–Crippen LogP) is 4.02. The van der Waals surface area contributed by atoms with E-state index < -0.39 is 0 Å². The van der Waals surface area contributed by atoms with Crippen LogP contribution in [-0.2, 0) is 11.3 Å².